The zero-order valence-corrected chi connectivity index (χ0v) is 17.7. The number of rotatable bonds is 14. The quantitative estimate of drug-likeness (QED) is 0.273. The first kappa shape index (κ1) is 23.3. The topological polar surface area (TPSA) is 75.7 Å². The molecule has 0 fully saturated rings. The van der Waals surface area contributed by atoms with Crippen LogP contribution in [-0.2, 0) is 16.1 Å². The molecule has 27 heavy (non-hydrogen) atoms. The van der Waals surface area contributed by atoms with Crippen LogP contribution in [0.1, 0.15) is 48.0 Å². The minimum atomic E-state index is -0.409. The molecule has 0 aliphatic heterocycles. The summed E-state index contributed by atoms with van der Waals surface area (Å²) in [5.41, 5.74) is 1.32. The minimum absolute atomic E-state index is 0.101. The van der Waals surface area contributed by atoms with Crippen molar-refractivity contribution in [2.75, 3.05) is 26.0 Å². The first-order valence-electron chi connectivity index (χ1n) is 9.19. The largest absolute Gasteiger partial charge is 0.493 e. The van der Waals surface area contributed by atoms with Crippen LogP contribution in [0.4, 0.5) is 0 Å². The Morgan fingerprint density at radius 1 is 1.30 bits per heavy atom. The van der Waals surface area contributed by atoms with Gasteiger partial charge in [-0.25, -0.2) is 0 Å². The number of nitrogens with zero attached hydrogens (tertiary/aromatic N) is 1. The van der Waals surface area contributed by atoms with Crippen molar-refractivity contribution in [2.45, 2.75) is 44.7 Å². The molecule has 0 aliphatic rings. The van der Waals surface area contributed by atoms with Crippen molar-refractivity contribution in [2.24, 2.45) is 0 Å². The summed E-state index contributed by atoms with van der Waals surface area (Å²) in [5, 5.41) is 3.53. The van der Waals surface area contributed by atoms with E-state index in [1.165, 1.54) is 0 Å². The van der Waals surface area contributed by atoms with Crippen molar-refractivity contribution in [1.29, 1.82) is 0 Å². The fourth-order valence-electron chi connectivity index (χ4n) is 2.72. The Bertz CT molecular complexity index is 610. The highest BCUT2D eigenvalue weighted by atomic mass is 79.9. The second-order valence-electron chi connectivity index (χ2n) is 6.37. The Balaban J connectivity index is 2.81. The second-order valence-corrected chi connectivity index (χ2v) is 7.16. The van der Waals surface area contributed by atoms with Crippen LogP contribution < -0.4 is 10.1 Å². The van der Waals surface area contributed by atoms with Gasteiger partial charge in [0.1, 0.15) is 12.0 Å². The smallest absolute Gasteiger partial charge is 0.219 e. The summed E-state index contributed by atoms with van der Waals surface area (Å²) in [6, 6.07) is 4.98. The number of alkyl halides is 1. The van der Waals surface area contributed by atoms with Crippen molar-refractivity contribution in [3.63, 3.8) is 0 Å². The molecule has 0 saturated heterocycles. The van der Waals surface area contributed by atoms with Gasteiger partial charge in [0.05, 0.1) is 12.6 Å². The predicted octanol–water partition coefficient (Wildman–Crippen LogP) is 2.97. The van der Waals surface area contributed by atoms with Gasteiger partial charge >= 0.3 is 0 Å². The molecule has 0 saturated carbocycles. The van der Waals surface area contributed by atoms with Gasteiger partial charge in [-0.3, -0.25) is 14.5 Å². The summed E-state index contributed by atoms with van der Waals surface area (Å²) in [6.45, 7) is 0.975. The third-order valence-corrected chi connectivity index (χ3v) is 4.97. The molecule has 1 unspecified atom stereocenters. The Morgan fingerprint density at radius 3 is 2.70 bits per heavy atom. The van der Waals surface area contributed by atoms with Crippen LogP contribution >= 0.6 is 15.9 Å². The zero-order valence-electron chi connectivity index (χ0n) is 16.1. The van der Waals surface area contributed by atoms with Gasteiger partial charge in [0.15, 0.2) is 6.29 Å². The molecule has 150 valence electrons. The highest BCUT2D eigenvalue weighted by molar-refractivity contribution is 9.09. The summed E-state index contributed by atoms with van der Waals surface area (Å²) in [5.74, 6) is 0.567. The Kier molecular flexibility index (Phi) is 11.6. The molecule has 7 heteroatoms. The minimum Gasteiger partial charge on any atom is -0.493 e. The van der Waals surface area contributed by atoms with E-state index in [0.29, 0.717) is 30.9 Å². The average molecular weight is 441 g/mol. The highest BCUT2D eigenvalue weighted by Crippen LogP contribution is 2.24. The Labute approximate surface area is 169 Å². The normalized spacial score (nSPS) is 11.9. The van der Waals surface area contributed by atoms with Gasteiger partial charge in [0.25, 0.3) is 0 Å². The fraction of sp³-hybridized carbons (Fsp3) is 0.550. The van der Waals surface area contributed by atoms with E-state index in [4.69, 9.17) is 4.74 Å². The van der Waals surface area contributed by atoms with Crippen molar-refractivity contribution >= 4 is 34.4 Å². The lowest BCUT2D eigenvalue weighted by Crippen LogP contribution is -2.34. The van der Waals surface area contributed by atoms with Gasteiger partial charge < -0.3 is 14.8 Å². The maximum Gasteiger partial charge on any atom is 0.219 e. The third kappa shape index (κ3) is 8.22. The molecule has 1 aromatic carbocycles. The monoisotopic (exact) mass is 440 g/mol. The van der Waals surface area contributed by atoms with Gasteiger partial charge in [-0.2, -0.15) is 0 Å². The van der Waals surface area contributed by atoms with Crippen molar-refractivity contribution in [1.82, 2.24) is 10.2 Å². The van der Waals surface area contributed by atoms with E-state index in [1.54, 1.807) is 19.2 Å². The van der Waals surface area contributed by atoms with Crippen LogP contribution in [0.25, 0.3) is 0 Å². The maximum atomic E-state index is 11.5. The molecule has 1 atom stereocenters. The van der Waals surface area contributed by atoms with E-state index in [9.17, 15) is 14.4 Å². The fourth-order valence-corrected chi connectivity index (χ4v) is 3.11. The van der Waals surface area contributed by atoms with E-state index in [-0.39, 0.29) is 12.3 Å². The lowest BCUT2D eigenvalue weighted by atomic mass is 10.0. The molecule has 1 rings (SSSR count). The summed E-state index contributed by atoms with van der Waals surface area (Å²) >= 11 is 3.41. The molecule has 0 aromatic heterocycles. The predicted molar refractivity (Wildman–Crippen MR) is 110 cm³/mol. The zero-order chi connectivity index (χ0) is 20.1. The SMILES string of the molecule is CNC(=O)CCC(C=O)N(C)Cc1c(C=O)cccc1OCCCCCBr. The number of ether oxygens (including phenoxy) is 1. The van der Waals surface area contributed by atoms with Crippen LogP contribution in [0.2, 0.25) is 0 Å². The maximum absolute atomic E-state index is 11.5. The molecule has 1 aromatic rings. The number of hydrogen-bond donors (Lipinski definition) is 1. The number of unbranched alkanes of at least 4 members (excludes halogenated alkanes) is 2. The van der Waals surface area contributed by atoms with E-state index in [0.717, 1.165) is 42.7 Å². The first-order valence-corrected chi connectivity index (χ1v) is 10.3. The number of aldehydes is 2. The Morgan fingerprint density at radius 2 is 2.07 bits per heavy atom. The molecule has 6 nitrogen and oxygen atoms in total. The standard InChI is InChI=1S/C20H29BrN2O4/c1-22-20(26)10-9-17(15-25)23(2)13-18-16(14-24)7-6-8-19(18)27-12-5-3-4-11-21/h6-8,14-15,17H,3-5,9-13H2,1-2H3,(H,22,26). The number of nitrogens with one attached hydrogen (secondary N) is 1. The van der Waals surface area contributed by atoms with E-state index >= 15 is 0 Å². The average Bonchev–Trinajstić information content (AvgIpc) is 2.68. The number of likely N-dealkylation sites (N-methyl/N-ethyl adjacent to an activating group) is 1. The molecule has 0 radical (unpaired) electrons. The molecular formula is C20H29BrN2O4. The van der Waals surface area contributed by atoms with Gasteiger partial charge in [0.2, 0.25) is 5.91 Å². The number of amides is 1. The van der Waals surface area contributed by atoms with Crippen LogP contribution in [0.3, 0.4) is 0 Å². The van der Waals surface area contributed by atoms with Gasteiger partial charge in [-0.15, -0.1) is 0 Å². The number of carbonyl (C=O) groups excluding carboxylic acids is 3. The molecule has 0 aliphatic carbocycles. The summed E-state index contributed by atoms with van der Waals surface area (Å²) in [7, 11) is 3.38. The van der Waals surface area contributed by atoms with Crippen LogP contribution in [-0.4, -0.2) is 55.5 Å². The number of carbonyl (C=O) groups is 3. The third-order valence-electron chi connectivity index (χ3n) is 4.41. The highest BCUT2D eigenvalue weighted by Gasteiger charge is 2.19. The van der Waals surface area contributed by atoms with E-state index in [1.807, 2.05) is 18.0 Å². The molecule has 0 heterocycles. The summed E-state index contributed by atoms with van der Waals surface area (Å²) in [4.78, 5) is 36.2. The van der Waals surface area contributed by atoms with Gasteiger partial charge in [-0.05, 0) is 38.8 Å². The molecule has 1 amide bonds. The first-order chi connectivity index (χ1) is 13.1. The summed E-state index contributed by atoms with van der Waals surface area (Å²) in [6.07, 6.45) is 5.45. The molecule has 0 spiro atoms. The molecule has 1 N–H and O–H groups in total. The van der Waals surface area contributed by atoms with Crippen molar-refractivity contribution in [3.8, 4) is 5.75 Å². The second kappa shape index (κ2) is 13.4. The number of halogens is 1. The lowest BCUT2D eigenvalue weighted by molar-refractivity contribution is -0.121. The van der Waals surface area contributed by atoms with Crippen molar-refractivity contribution < 1.29 is 19.1 Å². The van der Waals surface area contributed by atoms with Gasteiger partial charge in [-0.1, -0.05) is 28.1 Å². The Hall–Kier alpha value is -1.73. The molecule has 0 bridgehead atoms. The van der Waals surface area contributed by atoms with E-state index in [2.05, 4.69) is 21.2 Å². The van der Waals surface area contributed by atoms with Crippen LogP contribution in [0, 0.1) is 0 Å². The molecular weight excluding hydrogens is 412 g/mol. The van der Waals surface area contributed by atoms with Crippen LogP contribution in [0.15, 0.2) is 18.2 Å². The number of hydrogen-bond acceptors (Lipinski definition) is 5. The van der Waals surface area contributed by atoms with Crippen LogP contribution in [0.5, 0.6) is 5.75 Å². The van der Waals surface area contributed by atoms with Crippen molar-refractivity contribution in [3.05, 3.63) is 29.3 Å². The van der Waals surface area contributed by atoms with Gasteiger partial charge in [0, 0.05) is 36.5 Å². The lowest BCUT2D eigenvalue weighted by Gasteiger charge is -2.25. The number of benzene rings is 1. The summed E-state index contributed by atoms with van der Waals surface area (Å²) < 4.78 is 5.90. The van der Waals surface area contributed by atoms with E-state index < -0.39 is 6.04 Å².